The van der Waals surface area contributed by atoms with Crippen molar-refractivity contribution in [3.8, 4) is 0 Å². The van der Waals surface area contributed by atoms with Gasteiger partial charge in [-0.25, -0.2) is 0 Å². The molecule has 2 heteroatoms. The van der Waals surface area contributed by atoms with Crippen LogP contribution >= 0.6 is 0 Å². The molecule has 82 valence electrons. The van der Waals surface area contributed by atoms with Crippen molar-refractivity contribution in [3.63, 3.8) is 0 Å². The highest BCUT2D eigenvalue weighted by Gasteiger charge is 2.15. The second-order valence-corrected chi connectivity index (χ2v) is 4.71. The summed E-state index contributed by atoms with van der Waals surface area (Å²) in [5, 5.41) is 3.44. The van der Waals surface area contributed by atoms with Crippen molar-refractivity contribution in [1.82, 2.24) is 10.3 Å². The van der Waals surface area contributed by atoms with E-state index in [9.17, 15) is 0 Å². The van der Waals surface area contributed by atoms with Crippen molar-refractivity contribution in [2.75, 3.05) is 13.1 Å². The minimum Gasteiger partial charge on any atom is -0.316 e. The lowest BCUT2D eigenvalue weighted by Gasteiger charge is -2.23. The Labute approximate surface area is 92.1 Å². The van der Waals surface area contributed by atoms with Crippen LogP contribution in [0.15, 0.2) is 18.3 Å². The molecule has 2 heterocycles. The average molecular weight is 204 g/mol. The molecule has 1 atom stereocenters. The van der Waals surface area contributed by atoms with Gasteiger partial charge in [0.05, 0.1) is 0 Å². The molecule has 0 aliphatic carbocycles. The fourth-order valence-corrected chi connectivity index (χ4v) is 2.14. The van der Waals surface area contributed by atoms with Gasteiger partial charge in [0.1, 0.15) is 0 Å². The predicted octanol–water partition coefficient (Wildman–Crippen LogP) is 2.67. The fourth-order valence-electron chi connectivity index (χ4n) is 2.14. The molecule has 1 unspecified atom stereocenters. The molecule has 1 fully saturated rings. The van der Waals surface area contributed by atoms with Gasteiger partial charge in [-0.15, -0.1) is 0 Å². The lowest BCUT2D eigenvalue weighted by atomic mass is 9.92. The van der Waals surface area contributed by atoms with Crippen LogP contribution in [0.4, 0.5) is 0 Å². The first-order chi connectivity index (χ1) is 7.27. The molecule has 1 aliphatic heterocycles. The van der Waals surface area contributed by atoms with E-state index in [1.54, 1.807) is 0 Å². The van der Waals surface area contributed by atoms with Gasteiger partial charge in [-0.3, -0.25) is 4.98 Å². The maximum atomic E-state index is 4.53. The molecule has 0 radical (unpaired) electrons. The highest BCUT2D eigenvalue weighted by atomic mass is 14.9. The van der Waals surface area contributed by atoms with Crippen LogP contribution in [-0.2, 0) is 0 Å². The van der Waals surface area contributed by atoms with E-state index in [1.807, 2.05) is 0 Å². The van der Waals surface area contributed by atoms with Crippen LogP contribution in [0.25, 0.3) is 0 Å². The topological polar surface area (TPSA) is 24.9 Å². The van der Waals surface area contributed by atoms with Gasteiger partial charge in [0.25, 0.3) is 0 Å². The van der Waals surface area contributed by atoms with Crippen molar-refractivity contribution >= 4 is 0 Å². The first kappa shape index (κ1) is 10.6. The van der Waals surface area contributed by atoms with Crippen LogP contribution < -0.4 is 5.32 Å². The van der Waals surface area contributed by atoms with Crippen molar-refractivity contribution in [2.45, 2.75) is 38.5 Å². The van der Waals surface area contributed by atoms with Gasteiger partial charge in [0.2, 0.25) is 0 Å². The molecule has 0 bridgehead atoms. The van der Waals surface area contributed by atoms with Crippen LogP contribution in [-0.4, -0.2) is 18.1 Å². The number of piperidine rings is 1. The Hall–Kier alpha value is -0.890. The number of aromatic nitrogens is 1. The van der Waals surface area contributed by atoms with Crippen molar-refractivity contribution in [1.29, 1.82) is 0 Å². The minimum absolute atomic E-state index is 0.531. The van der Waals surface area contributed by atoms with Crippen LogP contribution in [0.5, 0.6) is 0 Å². The molecule has 0 aromatic carbocycles. The van der Waals surface area contributed by atoms with Gasteiger partial charge in [0, 0.05) is 18.4 Å². The quantitative estimate of drug-likeness (QED) is 0.801. The molecular formula is C13H20N2. The maximum absolute atomic E-state index is 4.53. The molecule has 1 aromatic rings. The summed E-state index contributed by atoms with van der Waals surface area (Å²) in [7, 11) is 0. The summed E-state index contributed by atoms with van der Waals surface area (Å²) < 4.78 is 0. The zero-order valence-electron chi connectivity index (χ0n) is 9.66. The predicted molar refractivity (Wildman–Crippen MR) is 63.2 cm³/mol. The Morgan fingerprint density at radius 3 is 2.80 bits per heavy atom. The molecule has 1 N–H and O–H groups in total. The third-order valence-electron chi connectivity index (χ3n) is 3.17. The summed E-state index contributed by atoms with van der Waals surface area (Å²) in [4.78, 5) is 4.53. The first-order valence-corrected chi connectivity index (χ1v) is 5.94. The molecule has 2 nitrogen and oxygen atoms in total. The van der Waals surface area contributed by atoms with Crippen molar-refractivity contribution < 1.29 is 0 Å². The lowest BCUT2D eigenvalue weighted by molar-refractivity contribution is 0.460. The standard InChI is InChI=1S/C13H20N2/c1-10(2)13-6-5-12(9-15-13)11-4-3-7-14-8-11/h5-6,9-11,14H,3-4,7-8H2,1-2H3. The van der Waals surface area contributed by atoms with Crippen LogP contribution in [0.1, 0.15) is 49.8 Å². The van der Waals surface area contributed by atoms with E-state index in [2.05, 4.69) is 42.5 Å². The van der Waals surface area contributed by atoms with E-state index < -0.39 is 0 Å². The number of hydrogen-bond donors (Lipinski definition) is 1. The zero-order chi connectivity index (χ0) is 10.7. The Morgan fingerprint density at radius 1 is 1.40 bits per heavy atom. The van der Waals surface area contributed by atoms with E-state index in [0.29, 0.717) is 11.8 Å². The second kappa shape index (κ2) is 4.75. The first-order valence-electron chi connectivity index (χ1n) is 5.94. The number of nitrogens with one attached hydrogen (secondary N) is 1. The lowest BCUT2D eigenvalue weighted by Crippen LogP contribution is -2.28. The summed E-state index contributed by atoms with van der Waals surface area (Å²) in [6, 6.07) is 4.43. The Balaban J connectivity index is 2.08. The number of nitrogens with zero attached hydrogens (tertiary/aromatic N) is 1. The normalized spacial score (nSPS) is 21.9. The molecular weight excluding hydrogens is 184 g/mol. The molecule has 1 aromatic heterocycles. The van der Waals surface area contributed by atoms with Gasteiger partial charge in [-0.2, -0.15) is 0 Å². The van der Waals surface area contributed by atoms with E-state index in [4.69, 9.17) is 0 Å². The van der Waals surface area contributed by atoms with Crippen molar-refractivity contribution in [3.05, 3.63) is 29.6 Å². The van der Waals surface area contributed by atoms with E-state index in [-0.39, 0.29) is 0 Å². The highest BCUT2D eigenvalue weighted by Crippen LogP contribution is 2.23. The van der Waals surface area contributed by atoms with Gasteiger partial charge >= 0.3 is 0 Å². The van der Waals surface area contributed by atoms with E-state index >= 15 is 0 Å². The molecule has 1 aliphatic rings. The van der Waals surface area contributed by atoms with Gasteiger partial charge < -0.3 is 5.32 Å². The molecule has 0 spiro atoms. The summed E-state index contributed by atoms with van der Waals surface area (Å²) >= 11 is 0. The van der Waals surface area contributed by atoms with Crippen LogP contribution in [0.2, 0.25) is 0 Å². The van der Waals surface area contributed by atoms with Crippen molar-refractivity contribution in [2.24, 2.45) is 0 Å². The molecule has 2 rings (SSSR count). The molecule has 0 saturated carbocycles. The summed E-state index contributed by atoms with van der Waals surface area (Å²) in [5.41, 5.74) is 2.59. The van der Waals surface area contributed by atoms with Crippen LogP contribution in [0, 0.1) is 0 Å². The second-order valence-electron chi connectivity index (χ2n) is 4.71. The third kappa shape index (κ3) is 2.57. The van der Waals surface area contributed by atoms with Gasteiger partial charge in [-0.1, -0.05) is 19.9 Å². The van der Waals surface area contributed by atoms with Crippen LogP contribution in [0.3, 0.4) is 0 Å². The Kier molecular flexibility index (Phi) is 3.37. The molecule has 15 heavy (non-hydrogen) atoms. The molecule has 1 saturated heterocycles. The zero-order valence-corrected chi connectivity index (χ0v) is 9.66. The summed E-state index contributed by atoms with van der Waals surface area (Å²) in [6.07, 6.45) is 4.65. The average Bonchev–Trinajstić information content (AvgIpc) is 2.30. The monoisotopic (exact) mass is 204 g/mol. The number of hydrogen-bond acceptors (Lipinski definition) is 2. The minimum atomic E-state index is 0.531. The SMILES string of the molecule is CC(C)c1ccc(C2CCCNC2)cn1. The van der Waals surface area contributed by atoms with E-state index in [1.165, 1.54) is 30.6 Å². The Bertz CT molecular complexity index is 297. The summed E-state index contributed by atoms with van der Waals surface area (Å²) in [6.45, 7) is 6.66. The Morgan fingerprint density at radius 2 is 2.27 bits per heavy atom. The number of rotatable bonds is 2. The smallest absolute Gasteiger partial charge is 0.0429 e. The van der Waals surface area contributed by atoms with Gasteiger partial charge in [-0.05, 0) is 42.9 Å². The third-order valence-corrected chi connectivity index (χ3v) is 3.17. The highest BCUT2D eigenvalue weighted by molar-refractivity contribution is 5.20. The van der Waals surface area contributed by atoms with Gasteiger partial charge in [0.15, 0.2) is 0 Å². The number of pyridine rings is 1. The fraction of sp³-hybridized carbons (Fsp3) is 0.615. The van der Waals surface area contributed by atoms with E-state index in [0.717, 1.165) is 6.54 Å². The maximum Gasteiger partial charge on any atom is 0.0429 e. The largest absolute Gasteiger partial charge is 0.316 e. The molecule has 0 amide bonds. The summed E-state index contributed by atoms with van der Waals surface area (Å²) in [5.74, 6) is 1.20.